The van der Waals surface area contributed by atoms with E-state index in [0.29, 0.717) is 22.8 Å². The minimum Gasteiger partial charge on any atom is -0.492 e. The van der Waals surface area contributed by atoms with Crippen molar-refractivity contribution in [1.82, 2.24) is 19.3 Å². The van der Waals surface area contributed by atoms with Gasteiger partial charge >= 0.3 is 0 Å². The number of halogens is 3. The molecule has 2 fully saturated rings. The quantitative estimate of drug-likeness (QED) is 0.345. The molecule has 2 saturated heterocycles. The molecule has 12 heteroatoms. The van der Waals surface area contributed by atoms with Crippen LogP contribution < -0.4 is 15.8 Å². The first kappa shape index (κ1) is 37.5. The van der Waals surface area contributed by atoms with Gasteiger partial charge in [-0.15, -0.1) is 37.2 Å². The molecule has 3 N–H and O–H groups in total. The maximum Gasteiger partial charge on any atom is 0.272 e. The average molecular weight is 670 g/mol. The molecule has 44 heavy (non-hydrogen) atoms. The van der Waals surface area contributed by atoms with Gasteiger partial charge in [0.05, 0.1) is 30.0 Å². The van der Waals surface area contributed by atoms with Gasteiger partial charge < -0.3 is 25.3 Å². The second-order valence-electron chi connectivity index (χ2n) is 12.5. The van der Waals surface area contributed by atoms with Crippen LogP contribution in [0.2, 0.25) is 0 Å². The standard InChI is InChI=1S/C32H44N6O3.3ClH/c1-32(2,3)23-18-24(33)29(41-6)25(19-23)34-30(39)27-17-21-9-7-10-22(28(21)36(27)5)20-37-13-15-38(16-14-37)31(40)26-11-8-12-35(26)4;;;/h7,9-10,17-19,26H,8,11-16,20,33H2,1-6H3,(H,34,39);3*1H. The lowest BCUT2D eigenvalue weighted by Gasteiger charge is -2.37. The minimum atomic E-state index is -0.220. The summed E-state index contributed by atoms with van der Waals surface area (Å²) >= 11 is 0. The number of aromatic nitrogens is 1. The third-order valence-corrected chi connectivity index (χ3v) is 8.69. The van der Waals surface area contributed by atoms with Gasteiger partial charge in [0.2, 0.25) is 5.91 Å². The topological polar surface area (TPSA) is 96.1 Å². The molecule has 0 bridgehead atoms. The molecule has 0 radical (unpaired) electrons. The number of likely N-dealkylation sites (N-methyl/N-ethyl adjacent to an activating group) is 1. The maximum atomic E-state index is 13.6. The lowest BCUT2D eigenvalue weighted by molar-refractivity contribution is -0.137. The molecule has 2 aromatic carbocycles. The van der Waals surface area contributed by atoms with Crippen LogP contribution in [-0.4, -0.2) is 84.0 Å². The van der Waals surface area contributed by atoms with E-state index in [1.807, 2.05) is 46.8 Å². The molecule has 1 atom stereocenters. The zero-order chi connectivity index (χ0) is 29.5. The number of piperazine rings is 1. The minimum absolute atomic E-state index is 0. The summed E-state index contributed by atoms with van der Waals surface area (Å²) in [5.41, 5.74) is 11.0. The maximum absolute atomic E-state index is 13.6. The molecule has 5 rings (SSSR count). The van der Waals surface area contributed by atoms with Crippen molar-refractivity contribution >= 4 is 71.3 Å². The van der Waals surface area contributed by atoms with Crippen molar-refractivity contribution < 1.29 is 14.3 Å². The molecule has 3 heterocycles. The highest BCUT2D eigenvalue weighted by molar-refractivity contribution is 6.07. The number of fused-ring (bicyclic) bond motifs is 1. The van der Waals surface area contributed by atoms with Crippen LogP contribution in [0.1, 0.15) is 55.2 Å². The molecule has 1 aromatic heterocycles. The summed E-state index contributed by atoms with van der Waals surface area (Å²) in [6.45, 7) is 11.3. The number of likely N-dealkylation sites (tertiary alicyclic amines) is 1. The van der Waals surface area contributed by atoms with Crippen molar-refractivity contribution in [2.24, 2.45) is 7.05 Å². The number of nitrogens with zero attached hydrogens (tertiary/aromatic N) is 4. The van der Waals surface area contributed by atoms with Crippen LogP contribution in [0.4, 0.5) is 11.4 Å². The van der Waals surface area contributed by atoms with Gasteiger partial charge in [0.1, 0.15) is 5.69 Å². The summed E-state index contributed by atoms with van der Waals surface area (Å²) < 4.78 is 7.52. The Bertz CT molecular complexity index is 1460. The van der Waals surface area contributed by atoms with Crippen LogP contribution in [0.15, 0.2) is 36.4 Å². The number of nitrogens with two attached hydrogens (primary N) is 1. The number of nitrogen functional groups attached to an aromatic ring is 1. The van der Waals surface area contributed by atoms with Gasteiger partial charge in [-0.25, -0.2) is 0 Å². The zero-order valence-electron chi connectivity index (χ0n) is 26.5. The number of amides is 2. The molecule has 3 aromatic rings. The predicted octanol–water partition coefficient (Wildman–Crippen LogP) is 5.32. The number of hydrogen-bond donors (Lipinski definition) is 2. The second kappa shape index (κ2) is 15.1. The van der Waals surface area contributed by atoms with Gasteiger partial charge in [0.25, 0.3) is 5.91 Å². The molecule has 0 aliphatic carbocycles. The van der Waals surface area contributed by atoms with Gasteiger partial charge in [-0.1, -0.05) is 39.0 Å². The number of carbonyl (C=O) groups excluding carboxylic acids is 2. The summed E-state index contributed by atoms with van der Waals surface area (Å²) in [6, 6.07) is 12.0. The SMILES string of the molecule is COc1c(N)cc(C(C)(C)C)cc1NC(=O)c1cc2cccc(CN3CCN(C(=O)C4CCCN4C)CC3)c2n1C.Cl.Cl.Cl. The fraction of sp³-hybridized carbons (Fsp3) is 0.500. The molecule has 9 nitrogen and oxygen atoms in total. The van der Waals surface area contributed by atoms with Gasteiger partial charge in [-0.2, -0.15) is 0 Å². The average Bonchev–Trinajstić information content (AvgIpc) is 3.51. The van der Waals surface area contributed by atoms with Crippen LogP contribution in [0, 0.1) is 0 Å². The molecule has 0 saturated carbocycles. The molecular formula is C32H47Cl3N6O3. The first-order valence-corrected chi connectivity index (χ1v) is 14.6. The Morgan fingerprint density at radius 1 is 1.00 bits per heavy atom. The predicted molar refractivity (Wildman–Crippen MR) is 186 cm³/mol. The van der Waals surface area contributed by atoms with Crippen LogP contribution in [0.3, 0.4) is 0 Å². The van der Waals surface area contributed by atoms with Gasteiger partial charge in [0, 0.05) is 45.2 Å². The van der Waals surface area contributed by atoms with E-state index >= 15 is 0 Å². The van der Waals surface area contributed by atoms with E-state index in [4.69, 9.17) is 10.5 Å². The lowest BCUT2D eigenvalue weighted by atomic mass is 9.86. The summed E-state index contributed by atoms with van der Waals surface area (Å²) in [4.78, 5) is 33.2. The number of ether oxygens (including phenoxy) is 1. The first-order valence-electron chi connectivity index (χ1n) is 14.6. The number of rotatable bonds is 6. The second-order valence-corrected chi connectivity index (χ2v) is 12.5. The number of nitrogens with one attached hydrogen (secondary N) is 1. The zero-order valence-corrected chi connectivity index (χ0v) is 29.0. The summed E-state index contributed by atoms with van der Waals surface area (Å²) in [6.07, 6.45) is 2.06. The van der Waals surface area contributed by atoms with Crippen molar-refractivity contribution in [2.45, 2.75) is 51.6 Å². The number of carbonyl (C=O) groups is 2. The number of para-hydroxylation sites is 1. The van der Waals surface area contributed by atoms with Crippen molar-refractivity contribution in [3.63, 3.8) is 0 Å². The van der Waals surface area contributed by atoms with E-state index in [1.54, 1.807) is 7.11 Å². The monoisotopic (exact) mass is 668 g/mol. The van der Waals surface area contributed by atoms with E-state index < -0.39 is 0 Å². The number of methoxy groups -OCH3 is 1. The summed E-state index contributed by atoms with van der Waals surface area (Å²) in [7, 11) is 5.55. The Kier molecular flexibility index (Phi) is 12.8. The summed E-state index contributed by atoms with van der Waals surface area (Å²) in [5, 5.41) is 4.08. The molecule has 1 unspecified atom stereocenters. The Balaban J connectivity index is 0.00000225. The fourth-order valence-corrected chi connectivity index (χ4v) is 6.24. The van der Waals surface area contributed by atoms with Crippen molar-refractivity contribution in [3.05, 3.63) is 53.2 Å². The molecule has 2 aliphatic heterocycles. The van der Waals surface area contributed by atoms with Crippen LogP contribution >= 0.6 is 37.2 Å². The van der Waals surface area contributed by atoms with E-state index in [2.05, 4.69) is 49.0 Å². The number of hydrogen-bond acceptors (Lipinski definition) is 6. The molecule has 2 aliphatic rings. The Hall–Kier alpha value is -2.69. The van der Waals surface area contributed by atoms with E-state index in [1.165, 1.54) is 0 Å². The van der Waals surface area contributed by atoms with Gasteiger partial charge in [0.15, 0.2) is 5.75 Å². The van der Waals surface area contributed by atoms with Crippen LogP contribution in [-0.2, 0) is 23.8 Å². The van der Waals surface area contributed by atoms with Crippen molar-refractivity contribution in [3.8, 4) is 5.75 Å². The van der Waals surface area contributed by atoms with E-state index in [0.717, 1.165) is 74.1 Å². The lowest BCUT2D eigenvalue weighted by Crippen LogP contribution is -2.52. The largest absolute Gasteiger partial charge is 0.492 e. The van der Waals surface area contributed by atoms with E-state index in [9.17, 15) is 9.59 Å². The third-order valence-electron chi connectivity index (χ3n) is 8.69. The Morgan fingerprint density at radius 3 is 2.27 bits per heavy atom. The van der Waals surface area contributed by atoms with Gasteiger partial charge in [-0.3, -0.25) is 19.4 Å². The van der Waals surface area contributed by atoms with Crippen LogP contribution in [0.5, 0.6) is 5.75 Å². The fourth-order valence-electron chi connectivity index (χ4n) is 6.24. The highest BCUT2D eigenvalue weighted by Gasteiger charge is 2.33. The van der Waals surface area contributed by atoms with Crippen molar-refractivity contribution in [1.29, 1.82) is 0 Å². The first-order chi connectivity index (χ1) is 19.5. The molecule has 244 valence electrons. The number of aryl methyl sites for hydroxylation is 1. The number of benzene rings is 2. The Labute approximate surface area is 279 Å². The van der Waals surface area contributed by atoms with Crippen LogP contribution in [0.25, 0.3) is 10.9 Å². The highest BCUT2D eigenvalue weighted by Crippen LogP contribution is 2.37. The third kappa shape index (κ3) is 7.57. The summed E-state index contributed by atoms with van der Waals surface area (Å²) in [5.74, 6) is 0.515. The number of anilines is 2. The highest BCUT2D eigenvalue weighted by atomic mass is 35.5. The smallest absolute Gasteiger partial charge is 0.272 e. The molecule has 0 spiro atoms. The normalized spacial score (nSPS) is 17.4. The Morgan fingerprint density at radius 2 is 1.68 bits per heavy atom. The molecular weight excluding hydrogens is 623 g/mol. The molecule has 2 amide bonds. The van der Waals surface area contributed by atoms with E-state index in [-0.39, 0.29) is 60.5 Å². The van der Waals surface area contributed by atoms with Gasteiger partial charge in [-0.05, 0) is 61.2 Å². The van der Waals surface area contributed by atoms with Crippen molar-refractivity contribution in [2.75, 3.05) is 57.9 Å².